The van der Waals surface area contributed by atoms with Crippen LogP contribution in [0.5, 0.6) is 23.0 Å². The molecule has 54 heavy (non-hydrogen) atoms. The first-order chi connectivity index (χ1) is 27.5. The molecule has 260 valence electrons. The third-order valence-corrected chi connectivity index (χ3v) is 10.5. The van der Waals surface area contributed by atoms with Gasteiger partial charge < -0.3 is 18.6 Å². The number of rotatable bonds is 5. The van der Waals surface area contributed by atoms with E-state index in [2.05, 4.69) is 104 Å². The second kappa shape index (κ2) is 12.2. The van der Waals surface area contributed by atoms with Crippen LogP contribution in [0, 0.1) is 6.33 Å². The highest BCUT2D eigenvalue weighted by Gasteiger charge is 2.32. The lowest BCUT2D eigenvalue weighted by Gasteiger charge is -2.27. The van der Waals surface area contributed by atoms with Crippen LogP contribution in [-0.4, -0.2) is 20.8 Å². The smallest absolute Gasteiger partial charge is 0.250 e. The van der Waals surface area contributed by atoms with Crippen molar-refractivity contribution < 1.29 is 18.2 Å². The number of hydrogen-bond donors (Lipinski definition) is 0. The fourth-order valence-electron chi connectivity index (χ4n) is 7.88. The lowest BCUT2D eigenvalue weighted by molar-refractivity contribution is -0.649. The fraction of sp³-hybridized carbons (Fsp3) is 0.106. The van der Waals surface area contributed by atoms with Crippen molar-refractivity contribution in [1.29, 1.82) is 0 Å². The van der Waals surface area contributed by atoms with Crippen LogP contribution in [-0.2, 0) is 12.4 Å². The second-order valence-corrected chi connectivity index (χ2v) is 14.9. The lowest BCUT2D eigenvalue weighted by atomic mass is 9.36. The predicted octanol–water partition coefficient (Wildman–Crippen LogP) is 8.46. The van der Waals surface area contributed by atoms with Crippen molar-refractivity contribution in [3.8, 4) is 34.5 Å². The topological polar surface area (TPSA) is 45.1 Å². The van der Waals surface area contributed by atoms with E-state index >= 15 is 0 Å². The van der Waals surface area contributed by atoms with Gasteiger partial charge in [-0.1, -0.05) is 111 Å². The van der Waals surface area contributed by atoms with E-state index in [1.165, 1.54) is 10.1 Å². The molecule has 0 N–H and O–H groups in total. The van der Waals surface area contributed by atoms with Crippen LogP contribution >= 0.6 is 0 Å². The summed E-state index contributed by atoms with van der Waals surface area (Å²) < 4.78 is 43.5. The van der Waals surface area contributed by atoms with Gasteiger partial charge in [0, 0.05) is 23.0 Å². The Hall–Kier alpha value is -6.60. The van der Waals surface area contributed by atoms with E-state index < -0.39 is 6.98 Å². The number of benzene rings is 6. The second-order valence-electron chi connectivity index (χ2n) is 14.9. The van der Waals surface area contributed by atoms with Crippen LogP contribution in [0.3, 0.4) is 0 Å². The summed E-state index contributed by atoms with van der Waals surface area (Å²) in [6.07, 6.45) is 5.05. The number of hydrogen-bond acceptors (Lipinski definition) is 3. The molecule has 0 aliphatic carbocycles. The molecule has 0 saturated heterocycles. The maximum atomic E-state index is 8.32. The van der Waals surface area contributed by atoms with Gasteiger partial charge in [0.15, 0.2) is 0 Å². The summed E-state index contributed by atoms with van der Waals surface area (Å²) in [6.45, 7) is 3.99. The third kappa shape index (κ3) is 5.26. The van der Waals surface area contributed by atoms with Crippen molar-refractivity contribution in [1.82, 2.24) is 14.1 Å². The summed E-state index contributed by atoms with van der Waals surface area (Å²) in [6, 6.07) is 48.6. The molecule has 6 nitrogen and oxygen atoms in total. The highest BCUT2D eigenvalue weighted by molar-refractivity contribution is 6.97. The Bertz CT molecular complexity index is 2990. The highest BCUT2D eigenvalue weighted by Crippen LogP contribution is 2.36. The van der Waals surface area contributed by atoms with Gasteiger partial charge in [-0.25, -0.2) is 4.98 Å². The van der Waals surface area contributed by atoms with E-state index in [0.717, 1.165) is 55.5 Å². The summed E-state index contributed by atoms with van der Waals surface area (Å²) in [5.74, 6) is 3.65. The number of ether oxygens (including phenoxy) is 2. The van der Waals surface area contributed by atoms with Gasteiger partial charge in [0.2, 0.25) is 13.0 Å². The predicted molar refractivity (Wildman–Crippen MR) is 218 cm³/mol. The Kier molecular flexibility index (Phi) is 6.56. The van der Waals surface area contributed by atoms with Gasteiger partial charge in [-0.05, 0) is 76.5 Å². The van der Waals surface area contributed by atoms with Crippen molar-refractivity contribution in [3.05, 3.63) is 164 Å². The van der Waals surface area contributed by atoms with Crippen LogP contribution in [0.15, 0.2) is 152 Å². The number of nitrogens with zero attached hydrogens (tertiary/aromatic N) is 4. The van der Waals surface area contributed by atoms with Gasteiger partial charge in [0.05, 0.1) is 38.8 Å². The van der Waals surface area contributed by atoms with Crippen molar-refractivity contribution in [2.24, 2.45) is 6.98 Å². The molecule has 0 amide bonds. The Morgan fingerprint density at radius 3 is 2.19 bits per heavy atom. The summed E-state index contributed by atoms with van der Waals surface area (Å²) in [5.41, 5.74) is 8.14. The van der Waals surface area contributed by atoms with Gasteiger partial charge in [0.1, 0.15) is 28.8 Å². The lowest BCUT2D eigenvalue weighted by Crippen LogP contribution is -2.54. The fourth-order valence-corrected chi connectivity index (χ4v) is 7.88. The molecule has 10 rings (SSSR count). The summed E-state index contributed by atoms with van der Waals surface area (Å²) >= 11 is 0. The van der Waals surface area contributed by atoms with Crippen molar-refractivity contribution in [2.45, 2.75) is 26.2 Å². The first-order valence-corrected chi connectivity index (χ1v) is 18.2. The van der Waals surface area contributed by atoms with Crippen LogP contribution in [0.2, 0.25) is 0 Å². The number of fused-ring (bicyclic) bond motifs is 6. The molecule has 0 fully saturated rings. The number of aryl methyl sites for hydroxylation is 1. The quantitative estimate of drug-likeness (QED) is 0.103. The monoisotopic (exact) mass is 703 g/mol. The molecular formula is C47H37BN4O2. The number of para-hydroxylation sites is 5. The zero-order valence-electron chi connectivity index (χ0n) is 33.1. The molecule has 0 bridgehead atoms. The van der Waals surface area contributed by atoms with Gasteiger partial charge >= 0.3 is 0 Å². The molecule has 0 unspecified atom stereocenters. The molecule has 0 saturated carbocycles. The number of imidazole rings is 1. The Labute approximate surface area is 318 Å². The molecule has 9 aromatic rings. The average Bonchev–Trinajstić information content (AvgIpc) is 3.76. The normalized spacial score (nSPS) is 13.6. The number of aromatic nitrogens is 4. The first-order valence-electron chi connectivity index (χ1n) is 19.7. The van der Waals surface area contributed by atoms with Gasteiger partial charge in [-0.3, -0.25) is 4.57 Å². The molecule has 1 aliphatic heterocycles. The van der Waals surface area contributed by atoms with Gasteiger partial charge in [-0.15, -0.1) is 0 Å². The summed E-state index contributed by atoms with van der Waals surface area (Å²) in [7, 11) is 0. The molecule has 3 aromatic heterocycles. The van der Waals surface area contributed by atoms with Crippen LogP contribution < -0.4 is 30.4 Å². The first kappa shape index (κ1) is 28.9. The van der Waals surface area contributed by atoms with Crippen LogP contribution in [0.25, 0.3) is 44.3 Å². The summed E-state index contributed by atoms with van der Waals surface area (Å²) in [5, 5.41) is 2.22. The van der Waals surface area contributed by atoms with E-state index in [1.54, 1.807) is 6.07 Å². The van der Waals surface area contributed by atoms with E-state index in [1.807, 2.05) is 77.5 Å². The van der Waals surface area contributed by atoms with Crippen molar-refractivity contribution in [2.75, 3.05) is 0 Å². The highest BCUT2D eigenvalue weighted by atomic mass is 16.5. The van der Waals surface area contributed by atoms with Gasteiger partial charge in [0.25, 0.3) is 0 Å². The molecule has 0 atom stereocenters. The molecule has 1 aliphatic rings. The minimum atomic E-state index is -2.44. The van der Waals surface area contributed by atoms with Crippen molar-refractivity contribution >= 4 is 55.9 Å². The Balaban J connectivity index is 1.17. The molecule has 0 radical (unpaired) electrons. The van der Waals surface area contributed by atoms with Crippen LogP contribution in [0.4, 0.5) is 0 Å². The zero-order valence-corrected chi connectivity index (χ0v) is 30.1. The molecular weight excluding hydrogens is 663 g/mol. The number of pyridine rings is 1. The minimum absolute atomic E-state index is 0.0514. The summed E-state index contributed by atoms with van der Waals surface area (Å²) in [4.78, 5) is 4.86. The largest absolute Gasteiger partial charge is 0.458 e. The van der Waals surface area contributed by atoms with Gasteiger partial charge in [-0.2, -0.15) is 0 Å². The third-order valence-electron chi connectivity index (χ3n) is 10.5. The van der Waals surface area contributed by atoms with E-state index in [4.69, 9.17) is 18.6 Å². The minimum Gasteiger partial charge on any atom is -0.458 e. The van der Waals surface area contributed by atoms with E-state index in [9.17, 15) is 0 Å². The maximum absolute atomic E-state index is 8.32. The van der Waals surface area contributed by atoms with Crippen molar-refractivity contribution in [3.63, 3.8) is 0 Å². The molecule has 7 heteroatoms. The maximum Gasteiger partial charge on any atom is 0.250 e. The average molecular weight is 704 g/mol. The molecule has 0 spiro atoms. The van der Waals surface area contributed by atoms with E-state index in [0.29, 0.717) is 28.2 Å². The van der Waals surface area contributed by atoms with E-state index in [-0.39, 0.29) is 12.1 Å². The Morgan fingerprint density at radius 2 is 1.41 bits per heavy atom. The standard InChI is InChI=1S/C47H37BN4O2/c1-47(2,3)31-23-24-49-46(25-31)52-40-16-8-5-13-36(40)37-22-21-34(29-43(37)52)53-35-27-32(26-33(28-35)51-30-50(4)41-17-9-10-18-42(41)51)48-38-14-6-11-19-44(38)54-45-20-12-7-15-39(45)48/h5-29H,1-4H3/i4D3. The van der Waals surface area contributed by atoms with Crippen LogP contribution in [0.1, 0.15) is 30.4 Å². The Morgan fingerprint density at radius 1 is 0.704 bits per heavy atom. The SMILES string of the molecule is [2H]C([2H])([2H])[n+]1[c-]n(-c2cc(Oc3ccc4c5ccccc5n(-c5cc(C(C)(C)C)ccn5)c4c3)cc(B3c4ccccc4Oc4ccccc43)c2)c2ccccc21. The molecule has 6 aromatic carbocycles. The zero-order chi connectivity index (χ0) is 39.1. The molecule has 4 heterocycles.